The van der Waals surface area contributed by atoms with E-state index < -0.39 is 5.41 Å². The number of rotatable bonds is 1. The highest BCUT2D eigenvalue weighted by atomic mass is 16.5. The first kappa shape index (κ1) is 15.5. The molecule has 1 saturated carbocycles. The molecule has 0 aromatic carbocycles. The first-order valence-electron chi connectivity index (χ1n) is 8.34. The Morgan fingerprint density at radius 1 is 1.27 bits per heavy atom. The molecule has 0 aliphatic heterocycles. The fourth-order valence-electron chi connectivity index (χ4n) is 5.53. The van der Waals surface area contributed by atoms with Crippen LogP contribution in [0.25, 0.3) is 0 Å². The van der Waals surface area contributed by atoms with Crippen LogP contribution in [0.1, 0.15) is 52.9 Å². The van der Waals surface area contributed by atoms with Gasteiger partial charge in [-0.2, -0.15) is 0 Å². The summed E-state index contributed by atoms with van der Waals surface area (Å²) in [7, 11) is 1.41. The SMILES string of the molecule is COC(=O)[C@]12CC[C@@H]3C(C)=CCC[C@@]3(C)[C@@H]1CC=C(C)C2=O. The van der Waals surface area contributed by atoms with E-state index in [4.69, 9.17) is 4.74 Å². The van der Waals surface area contributed by atoms with Crippen LogP contribution in [0.3, 0.4) is 0 Å². The highest BCUT2D eigenvalue weighted by molar-refractivity contribution is 6.13. The van der Waals surface area contributed by atoms with Crippen molar-refractivity contribution in [3.8, 4) is 0 Å². The second-order valence-corrected chi connectivity index (χ2v) is 7.55. The Kier molecular flexibility index (Phi) is 3.58. The Morgan fingerprint density at radius 3 is 2.68 bits per heavy atom. The predicted molar refractivity (Wildman–Crippen MR) is 85.1 cm³/mol. The lowest BCUT2D eigenvalue weighted by Crippen LogP contribution is -2.59. The number of allylic oxidation sites excluding steroid dienone is 4. The topological polar surface area (TPSA) is 43.4 Å². The van der Waals surface area contributed by atoms with Gasteiger partial charge in [0, 0.05) is 0 Å². The number of Topliss-reactive ketones (excluding diaryl/α,β-unsaturated/α-hetero) is 1. The van der Waals surface area contributed by atoms with Crippen LogP contribution in [0.15, 0.2) is 23.3 Å². The van der Waals surface area contributed by atoms with Crippen LogP contribution in [-0.4, -0.2) is 18.9 Å². The maximum absolute atomic E-state index is 13.0. The number of carbonyl (C=O) groups is 2. The standard InChI is InChI=1S/C19H26O3/c1-12-6-5-10-18(3)14(12)9-11-19(17(21)22-4)15(18)8-7-13(2)16(19)20/h6-7,14-15H,5,8-11H2,1-4H3/t14-,15+,18-,19-/m1/s1. The molecule has 3 heteroatoms. The predicted octanol–water partition coefficient (Wildman–Crippen LogP) is 3.84. The van der Waals surface area contributed by atoms with Gasteiger partial charge in [0.25, 0.3) is 0 Å². The second-order valence-electron chi connectivity index (χ2n) is 7.55. The molecule has 0 radical (unpaired) electrons. The molecule has 0 aromatic rings. The van der Waals surface area contributed by atoms with Crippen molar-refractivity contribution in [3.05, 3.63) is 23.3 Å². The van der Waals surface area contributed by atoms with E-state index in [0.717, 1.165) is 31.3 Å². The van der Waals surface area contributed by atoms with E-state index in [2.05, 4.69) is 19.9 Å². The fourth-order valence-corrected chi connectivity index (χ4v) is 5.53. The van der Waals surface area contributed by atoms with Gasteiger partial charge in [0.1, 0.15) is 5.41 Å². The van der Waals surface area contributed by atoms with E-state index >= 15 is 0 Å². The molecule has 0 heterocycles. The molecule has 4 atom stereocenters. The Hall–Kier alpha value is -1.38. The average molecular weight is 302 g/mol. The summed E-state index contributed by atoms with van der Waals surface area (Å²) >= 11 is 0. The average Bonchev–Trinajstić information content (AvgIpc) is 2.50. The molecular weight excluding hydrogens is 276 g/mol. The number of ether oxygens (including phenoxy) is 1. The van der Waals surface area contributed by atoms with E-state index in [1.165, 1.54) is 12.7 Å². The third-order valence-electron chi connectivity index (χ3n) is 6.69. The summed E-state index contributed by atoms with van der Waals surface area (Å²) in [5, 5.41) is 0. The van der Waals surface area contributed by atoms with Crippen LogP contribution in [0.2, 0.25) is 0 Å². The summed E-state index contributed by atoms with van der Waals surface area (Å²) in [6.07, 6.45) is 8.82. The van der Waals surface area contributed by atoms with Gasteiger partial charge in [-0.1, -0.05) is 24.6 Å². The van der Waals surface area contributed by atoms with Crippen molar-refractivity contribution < 1.29 is 14.3 Å². The fraction of sp³-hybridized carbons (Fsp3) is 0.684. The third kappa shape index (κ3) is 1.80. The number of esters is 1. The van der Waals surface area contributed by atoms with Gasteiger partial charge in [-0.15, -0.1) is 0 Å². The highest BCUT2D eigenvalue weighted by Gasteiger charge is 2.64. The molecule has 3 aliphatic carbocycles. The summed E-state index contributed by atoms with van der Waals surface area (Å²) in [5.41, 5.74) is 1.23. The van der Waals surface area contributed by atoms with Gasteiger partial charge in [-0.25, -0.2) is 0 Å². The number of carbonyl (C=O) groups excluding carboxylic acids is 2. The first-order chi connectivity index (χ1) is 10.4. The molecular formula is C19H26O3. The molecule has 22 heavy (non-hydrogen) atoms. The molecule has 0 amide bonds. The van der Waals surface area contributed by atoms with Crippen molar-refractivity contribution in [1.82, 2.24) is 0 Å². The van der Waals surface area contributed by atoms with Crippen LogP contribution < -0.4 is 0 Å². The van der Waals surface area contributed by atoms with E-state index in [1.807, 2.05) is 13.0 Å². The van der Waals surface area contributed by atoms with E-state index in [1.54, 1.807) is 0 Å². The monoisotopic (exact) mass is 302 g/mol. The van der Waals surface area contributed by atoms with Crippen LogP contribution >= 0.6 is 0 Å². The molecule has 0 bridgehead atoms. The smallest absolute Gasteiger partial charge is 0.320 e. The van der Waals surface area contributed by atoms with Crippen LogP contribution in [0.4, 0.5) is 0 Å². The number of hydrogen-bond donors (Lipinski definition) is 0. The largest absolute Gasteiger partial charge is 0.468 e. The lowest BCUT2D eigenvalue weighted by atomic mass is 9.44. The van der Waals surface area contributed by atoms with Gasteiger partial charge in [-0.05, 0) is 68.8 Å². The summed E-state index contributed by atoms with van der Waals surface area (Å²) in [6.45, 7) is 6.33. The molecule has 0 aromatic heterocycles. The Morgan fingerprint density at radius 2 is 2.00 bits per heavy atom. The van der Waals surface area contributed by atoms with Crippen molar-refractivity contribution in [2.75, 3.05) is 7.11 Å². The Balaban J connectivity index is 2.14. The van der Waals surface area contributed by atoms with E-state index in [0.29, 0.717) is 12.3 Å². The van der Waals surface area contributed by atoms with Crippen molar-refractivity contribution in [2.45, 2.75) is 52.9 Å². The zero-order valence-corrected chi connectivity index (χ0v) is 14.1. The third-order valence-corrected chi connectivity index (χ3v) is 6.69. The zero-order valence-electron chi connectivity index (χ0n) is 14.1. The quantitative estimate of drug-likeness (QED) is 0.420. The van der Waals surface area contributed by atoms with Crippen molar-refractivity contribution >= 4 is 11.8 Å². The van der Waals surface area contributed by atoms with Gasteiger partial charge in [-0.3, -0.25) is 9.59 Å². The maximum atomic E-state index is 13.0. The van der Waals surface area contributed by atoms with Crippen LogP contribution in [-0.2, 0) is 14.3 Å². The van der Waals surface area contributed by atoms with Crippen molar-refractivity contribution in [1.29, 1.82) is 0 Å². The zero-order chi connectivity index (χ0) is 16.1. The molecule has 3 aliphatic rings. The second kappa shape index (κ2) is 5.07. The summed E-state index contributed by atoms with van der Waals surface area (Å²) in [6, 6.07) is 0. The lowest BCUT2D eigenvalue weighted by molar-refractivity contribution is -0.174. The minimum absolute atomic E-state index is 0.00230. The maximum Gasteiger partial charge on any atom is 0.320 e. The molecule has 0 spiro atoms. The molecule has 3 rings (SSSR count). The van der Waals surface area contributed by atoms with Crippen LogP contribution in [0, 0.1) is 22.7 Å². The van der Waals surface area contributed by atoms with Gasteiger partial charge < -0.3 is 4.74 Å². The lowest BCUT2D eigenvalue weighted by Gasteiger charge is -2.58. The van der Waals surface area contributed by atoms with Gasteiger partial charge in [0.2, 0.25) is 0 Å². The molecule has 3 nitrogen and oxygen atoms in total. The Bertz CT molecular complexity index is 585. The number of ketones is 1. The molecule has 0 saturated heterocycles. The normalized spacial score (nSPS) is 41.0. The summed E-state index contributed by atoms with van der Waals surface area (Å²) in [4.78, 5) is 25.7. The number of fused-ring (bicyclic) bond motifs is 3. The molecule has 0 unspecified atom stereocenters. The van der Waals surface area contributed by atoms with Gasteiger partial charge in [0.15, 0.2) is 5.78 Å². The van der Waals surface area contributed by atoms with E-state index in [9.17, 15) is 9.59 Å². The highest BCUT2D eigenvalue weighted by Crippen LogP contribution is 2.63. The summed E-state index contributed by atoms with van der Waals surface area (Å²) in [5.74, 6) is 0.235. The first-order valence-corrected chi connectivity index (χ1v) is 8.34. The Labute approximate surface area is 132 Å². The molecule has 120 valence electrons. The molecule has 1 fully saturated rings. The van der Waals surface area contributed by atoms with Gasteiger partial charge in [0.05, 0.1) is 7.11 Å². The van der Waals surface area contributed by atoms with Crippen molar-refractivity contribution in [3.63, 3.8) is 0 Å². The number of methoxy groups -OCH3 is 1. The van der Waals surface area contributed by atoms with Crippen molar-refractivity contribution in [2.24, 2.45) is 22.7 Å². The van der Waals surface area contributed by atoms with Crippen LogP contribution in [0.5, 0.6) is 0 Å². The van der Waals surface area contributed by atoms with Gasteiger partial charge >= 0.3 is 5.97 Å². The number of hydrogen-bond acceptors (Lipinski definition) is 3. The molecule has 0 N–H and O–H groups in total. The van der Waals surface area contributed by atoms with E-state index in [-0.39, 0.29) is 23.1 Å². The minimum atomic E-state index is -0.948. The minimum Gasteiger partial charge on any atom is -0.468 e. The summed E-state index contributed by atoms with van der Waals surface area (Å²) < 4.78 is 5.12.